The number of hydrogen-bond donors (Lipinski definition) is 2. The van der Waals surface area contributed by atoms with E-state index in [1.807, 2.05) is 0 Å². The Labute approximate surface area is 116 Å². The molecule has 1 aromatic rings. The first-order chi connectivity index (χ1) is 9.58. The summed E-state index contributed by atoms with van der Waals surface area (Å²) in [5, 5.41) is 14.0. The predicted octanol–water partition coefficient (Wildman–Crippen LogP) is 1.65. The first-order valence-corrected chi connectivity index (χ1v) is 6.72. The van der Waals surface area contributed by atoms with Gasteiger partial charge < -0.3 is 15.8 Å². The molecule has 1 aliphatic rings. The molecule has 1 atom stereocenters. The maximum atomic E-state index is 11.0. The lowest BCUT2D eigenvalue weighted by Crippen LogP contribution is -2.22. The Kier molecular flexibility index (Phi) is 4.67. The summed E-state index contributed by atoms with van der Waals surface area (Å²) in [6.45, 7) is 2.90. The number of aromatic nitrogens is 2. The zero-order chi connectivity index (χ0) is 14.5. The van der Waals surface area contributed by atoms with E-state index < -0.39 is 4.92 Å². The van der Waals surface area contributed by atoms with Crippen LogP contribution in [0.15, 0.2) is 0 Å². The fourth-order valence-corrected chi connectivity index (χ4v) is 2.32. The first-order valence-electron chi connectivity index (χ1n) is 6.72. The van der Waals surface area contributed by atoms with E-state index in [0.29, 0.717) is 6.54 Å². The molecule has 110 valence electrons. The number of ether oxygens (including phenoxy) is 1. The van der Waals surface area contributed by atoms with Gasteiger partial charge in [0.15, 0.2) is 0 Å². The van der Waals surface area contributed by atoms with Crippen molar-refractivity contribution in [1.82, 2.24) is 9.97 Å². The maximum absolute atomic E-state index is 11.0. The third-order valence-corrected chi connectivity index (χ3v) is 3.29. The molecule has 3 N–H and O–H groups in total. The van der Waals surface area contributed by atoms with Gasteiger partial charge >= 0.3 is 5.69 Å². The Morgan fingerprint density at radius 1 is 1.50 bits per heavy atom. The number of hydrogen-bond acceptors (Lipinski definition) is 7. The normalized spacial score (nSPS) is 18.8. The van der Waals surface area contributed by atoms with Gasteiger partial charge in [-0.1, -0.05) is 0 Å². The third kappa shape index (κ3) is 3.53. The Balaban J connectivity index is 1.99. The number of aryl methyl sites for hydroxylation is 1. The molecular weight excluding hydrogens is 262 g/mol. The fourth-order valence-electron chi connectivity index (χ4n) is 2.32. The zero-order valence-corrected chi connectivity index (χ0v) is 11.5. The summed E-state index contributed by atoms with van der Waals surface area (Å²) in [6, 6.07) is 0. The highest BCUT2D eigenvalue weighted by Gasteiger charge is 2.21. The molecule has 1 fully saturated rings. The highest BCUT2D eigenvalue weighted by molar-refractivity contribution is 5.60. The smallest absolute Gasteiger partial charge is 0.332 e. The van der Waals surface area contributed by atoms with Crippen molar-refractivity contribution in [2.45, 2.75) is 38.7 Å². The van der Waals surface area contributed by atoms with Gasteiger partial charge in [0.2, 0.25) is 11.8 Å². The molecule has 0 amide bonds. The minimum Gasteiger partial charge on any atom is -0.378 e. The van der Waals surface area contributed by atoms with Crippen LogP contribution in [-0.2, 0) is 4.74 Å². The average molecular weight is 281 g/mol. The number of nitrogens with one attached hydrogen (secondary N) is 1. The molecule has 0 saturated carbocycles. The number of rotatable bonds is 5. The van der Waals surface area contributed by atoms with Gasteiger partial charge in [-0.25, -0.2) is 4.98 Å². The molecule has 2 heterocycles. The Bertz CT molecular complexity index is 488. The van der Waals surface area contributed by atoms with E-state index in [1.54, 1.807) is 6.92 Å². The first kappa shape index (κ1) is 14.4. The van der Waals surface area contributed by atoms with Crippen molar-refractivity contribution < 1.29 is 9.66 Å². The summed E-state index contributed by atoms with van der Waals surface area (Å²) in [6.07, 6.45) is 4.33. The largest absolute Gasteiger partial charge is 0.378 e. The average Bonchev–Trinajstić information content (AvgIpc) is 2.38. The lowest BCUT2D eigenvalue weighted by Gasteiger charge is -2.22. The Morgan fingerprint density at radius 2 is 2.30 bits per heavy atom. The standard InChI is InChI=1S/C12H19N5O3/c1-8-10(17(18)19)11(16-12(13)15-8)14-6-5-9-4-2-3-7-20-9/h9H,2-7H2,1H3,(H3,13,14,15,16). The van der Waals surface area contributed by atoms with Gasteiger partial charge in [-0.2, -0.15) is 4.98 Å². The molecular formula is C12H19N5O3. The van der Waals surface area contributed by atoms with E-state index in [-0.39, 0.29) is 29.3 Å². The summed E-state index contributed by atoms with van der Waals surface area (Å²) in [7, 11) is 0. The van der Waals surface area contributed by atoms with E-state index in [2.05, 4.69) is 15.3 Å². The SMILES string of the molecule is Cc1nc(N)nc(NCCC2CCCCO2)c1[N+](=O)[O-]. The molecule has 0 radical (unpaired) electrons. The minimum absolute atomic E-state index is 0.0320. The second kappa shape index (κ2) is 6.47. The summed E-state index contributed by atoms with van der Waals surface area (Å²) >= 11 is 0. The second-order valence-electron chi connectivity index (χ2n) is 4.83. The van der Waals surface area contributed by atoms with Gasteiger partial charge in [0.25, 0.3) is 0 Å². The molecule has 1 aliphatic heterocycles. The van der Waals surface area contributed by atoms with Crippen molar-refractivity contribution in [1.29, 1.82) is 0 Å². The van der Waals surface area contributed by atoms with Crippen LogP contribution in [0.5, 0.6) is 0 Å². The monoisotopic (exact) mass is 281 g/mol. The Morgan fingerprint density at radius 3 is 2.95 bits per heavy atom. The van der Waals surface area contributed by atoms with E-state index in [9.17, 15) is 10.1 Å². The van der Waals surface area contributed by atoms with Gasteiger partial charge in [0, 0.05) is 13.2 Å². The second-order valence-corrected chi connectivity index (χ2v) is 4.83. The van der Waals surface area contributed by atoms with Gasteiger partial charge in [0.05, 0.1) is 11.0 Å². The molecule has 1 saturated heterocycles. The van der Waals surface area contributed by atoms with E-state index >= 15 is 0 Å². The quantitative estimate of drug-likeness (QED) is 0.622. The number of nitrogens with zero attached hydrogens (tertiary/aromatic N) is 3. The maximum Gasteiger partial charge on any atom is 0.332 e. The summed E-state index contributed by atoms with van der Waals surface area (Å²) < 4.78 is 5.61. The lowest BCUT2D eigenvalue weighted by molar-refractivity contribution is -0.385. The van der Waals surface area contributed by atoms with Crippen LogP contribution in [0.2, 0.25) is 0 Å². The van der Waals surface area contributed by atoms with Crippen LogP contribution in [-0.4, -0.2) is 34.1 Å². The molecule has 20 heavy (non-hydrogen) atoms. The summed E-state index contributed by atoms with van der Waals surface area (Å²) in [4.78, 5) is 18.3. The highest BCUT2D eigenvalue weighted by atomic mass is 16.6. The van der Waals surface area contributed by atoms with Crippen LogP contribution in [0, 0.1) is 17.0 Å². The molecule has 8 nitrogen and oxygen atoms in total. The van der Waals surface area contributed by atoms with Crippen molar-refractivity contribution in [3.05, 3.63) is 15.8 Å². The molecule has 1 aromatic heterocycles. The zero-order valence-electron chi connectivity index (χ0n) is 11.5. The Hall–Kier alpha value is -1.96. The van der Waals surface area contributed by atoms with Gasteiger partial charge in [0.1, 0.15) is 5.69 Å². The van der Waals surface area contributed by atoms with Gasteiger partial charge in [-0.3, -0.25) is 10.1 Å². The molecule has 1 unspecified atom stereocenters. The number of anilines is 2. The van der Waals surface area contributed by atoms with Gasteiger partial charge in [-0.05, 0) is 32.6 Å². The number of nitro groups is 1. The fraction of sp³-hybridized carbons (Fsp3) is 0.667. The highest BCUT2D eigenvalue weighted by Crippen LogP contribution is 2.26. The van der Waals surface area contributed by atoms with Crippen LogP contribution >= 0.6 is 0 Å². The van der Waals surface area contributed by atoms with E-state index in [0.717, 1.165) is 25.9 Å². The summed E-state index contributed by atoms with van der Waals surface area (Å²) in [5.41, 5.74) is 5.67. The van der Waals surface area contributed by atoms with Crippen molar-refractivity contribution in [2.24, 2.45) is 0 Å². The van der Waals surface area contributed by atoms with E-state index in [1.165, 1.54) is 6.42 Å². The van der Waals surface area contributed by atoms with Crippen LogP contribution in [0.25, 0.3) is 0 Å². The molecule has 8 heteroatoms. The molecule has 0 aromatic carbocycles. The number of nitrogen functional groups attached to an aromatic ring is 1. The molecule has 0 spiro atoms. The number of nitrogens with two attached hydrogens (primary N) is 1. The van der Waals surface area contributed by atoms with Crippen LogP contribution in [0.3, 0.4) is 0 Å². The van der Waals surface area contributed by atoms with Crippen LogP contribution in [0.4, 0.5) is 17.5 Å². The van der Waals surface area contributed by atoms with Gasteiger partial charge in [-0.15, -0.1) is 0 Å². The van der Waals surface area contributed by atoms with Crippen molar-refractivity contribution in [3.63, 3.8) is 0 Å². The van der Waals surface area contributed by atoms with Crippen molar-refractivity contribution in [3.8, 4) is 0 Å². The van der Waals surface area contributed by atoms with Crippen molar-refractivity contribution >= 4 is 17.5 Å². The lowest BCUT2D eigenvalue weighted by atomic mass is 10.1. The van der Waals surface area contributed by atoms with Crippen molar-refractivity contribution in [2.75, 3.05) is 24.2 Å². The predicted molar refractivity (Wildman–Crippen MR) is 74.5 cm³/mol. The van der Waals surface area contributed by atoms with E-state index in [4.69, 9.17) is 10.5 Å². The molecule has 0 aliphatic carbocycles. The third-order valence-electron chi connectivity index (χ3n) is 3.29. The molecule has 2 rings (SSSR count). The topological polar surface area (TPSA) is 116 Å². The summed E-state index contributed by atoms with van der Waals surface area (Å²) in [5.74, 6) is 0.209. The minimum atomic E-state index is -0.492. The molecule has 0 bridgehead atoms. The van der Waals surface area contributed by atoms with Crippen LogP contribution in [0.1, 0.15) is 31.4 Å². The van der Waals surface area contributed by atoms with Crippen LogP contribution < -0.4 is 11.1 Å².